The summed E-state index contributed by atoms with van der Waals surface area (Å²) in [5.74, 6) is -0.463. The normalized spacial score (nSPS) is 11.8. The zero-order valence-corrected chi connectivity index (χ0v) is 8.20. The molecule has 1 rings (SSSR count). The summed E-state index contributed by atoms with van der Waals surface area (Å²) in [6, 6.07) is 4.62. The zero-order valence-electron chi connectivity index (χ0n) is 8.20. The molecule has 13 heavy (non-hydrogen) atoms. The van der Waals surface area contributed by atoms with Crippen LogP contribution in [0.1, 0.15) is 31.9 Å². The molecule has 0 saturated carbocycles. The first-order valence-corrected chi connectivity index (χ1v) is 4.30. The Hall–Kier alpha value is -0.920. The van der Waals surface area contributed by atoms with E-state index in [0.29, 0.717) is 0 Å². The van der Waals surface area contributed by atoms with E-state index in [1.807, 2.05) is 20.8 Å². The first-order valence-electron chi connectivity index (χ1n) is 4.30. The van der Waals surface area contributed by atoms with Crippen molar-refractivity contribution in [3.05, 3.63) is 35.1 Å². The first kappa shape index (κ1) is 10.2. The Kier molecular flexibility index (Phi) is 2.69. The molecule has 0 bridgehead atoms. The summed E-state index contributed by atoms with van der Waals surface area (Å²) in [6.45, 7) is 5.31. The number of rotatable bonds is 1. The van der Waals surface area contributed by atoms with E-state index >= 15 is 0 Å². The van der Waals surface area contributed by atoms with Crippen molar-refractivity contribution in [3.63, 3.8) is 0 Å². The van der Waals surface area contributed by atoms with E-state index in [4.69, 9.17) is 0 Å². The fourth-order valence-electron chi connectivity index (χ4n) is 1.14. The minimum Gasteiger partial charge on any atom is -0.246 e. The van der Waals surface area contributed by atoms with Gasteiger partial charge >= 0.3 is 0 Å². The molecule has 0 saturated heterocycles. The lowest BCUT2D eigenvalue weighted by molar-refractivity contribution is 0.461. The van der Waals surface area contributed by atoms with Gasteiger partial charge in [0, 0.05) is 5.56 Å². The Morgan fingerprint density at radius 1 is 1.23 bits per heavy atom. The van der Waals surface area contributed by atoms with E-state index < -0.39 is 12.5 Å². The molecule has 0 aromatic heterocycles. The molecule has 72 valence electrons. The first-order chi connectivity index (χ1) is 5.95. The van der Waals surface area contributed by atoms with Gasteiger partial charge in [-0.15, -0.1) is 0 Å². The van der Waals surface area contributed by atoms with Gasteiger partial charge in [0.1, 0.15) is 12.5 Å². The van der Waals surface area contributed by atoms with Crippen molar-refractivity contribution in [1.29, 1.82) is 0 Å². The summed E-state index contributed by atoms with van der Waals surface area (Å²) in [5, 5.41) is 0. The fraction of sp³-hybridized carbons (Fsp3) is 0.455. The number of hydrogen-bond donors (Lipinski definition) is 0. The lowest BCUT2D eigenvalue weighted by Gasteiger charge is -2.19. The van der Waals surface area contributed by atoms with Crippen molar-refractivity contribution in [2.45, 2.75) is 32.9 Å². The van der Waals surface area contributed by atoms with Gasteiger partial charge in [0.05, 0.1) is 0 Å². The van der Waals surface area contributed by atoms with Crippen LogP contribution in [0, 0.1) is 5.82 Å². The van der Waals surface area contributed by atoms with Crippen LogP contribution in [0.25, 0.3) is 0 Å². The third-order valence-electron chi connectivity index (χ3n) is 2.06. The molecule has 0 atom stereocenters. The second-order valence-corrected chi connectivity index (χ2v) is 4.19. The molecule has 0 amide bonds. The minimum absolute atomic E-state index is 0.0579. The molecule has 0 fully saturated rings. The van der Waals surface area contributed by atoms with Crippen LogP contribution in [0.5, 0.6) is 0 Å². The summed E-state index contributed by atoms with van der Waals surface area (Å²) in [4.78, 5) is 0. The van der Waals surface area contributed by atoms with Crippen molar-refractivity contribution >= 4 is 0 Å². The van der Waals surface area contributed by atoms with E-state index in [1.165, 1.54) is 6.07 Å². The van der Waals surface area contributed by atoms with Crippen molar-refractivity contribution < 1.29 is 8.78 Å². The van der Waals surface area contributed by atoms with Gasteiger partial charge in [0.2, 0.25) is 0 Å². The van der Waals surface area contributed by atoms with Crippen LogP contribution in [0.3, 0.4) is 0 Å². The predicted molar refractivity (Wildman–Crippen MR) is 49.9 cm³/mol. The number of benzene rings is 1. The predicted octanol–water partition coefficient (Wildman–Crippen LogP) is 3.59. The maximum Gasteiger partial charge on any atom is 0.129 e. The van der Waals surface area contributed by atoms with Crippen LogP contribution in [0.2, 0.25) is 0 Å². The van der Waals surface area contributed by atoms with Crippen LogP contribution >= 0.6 is 0 Å². The van der Waals surface area contributed by atoms with E-state index in [0.717, 1.165) is 5.56 Å². The molecule has 0 spiro atoms. The third kappa shape index (κ3) is 2.27. The van der Waals surface area contributed by atoms with E-state index in [1.54, 1.807) is 12.1 Å². The summed E-state index contributed by atoms with van der Waals surface area (Å²) >= 11 is 0. The third-order valence-corrected chi connectivity index (χ3v) is 2.06. The maximum absolute atomic E-state index is 12.9. The maximum atomic E-state index is 12.9. The molecule has 0 aliphatic rings. The highest BCUT2D eigenvalue weighted by molar-refractivity contribution is 5.29. The number of hydrogen-bond acceptors (Lipinski definition) is 0. The molecular weight excluding hydrogens is 170 g/mol. The fourth-order valence-corrected chi connectivity index (χ4v) is 1.14. The highest BCUT2D eigenvalue weighted by Crippen LogP contribution is 2.24. The number of alkyl halides is 1. The average molecular weight is 184 g/mol. The summed E-state index contributed by atoms with van der Waals surface area (Å²) in [7, 11) is 0. The summed E-state index contributed by atoms with van der Waals surface area (Å²) < 4.78 is 25.2. The number of halogens is 2. The Bertz CT molecular complexity index is 297. The zero-order chi connectivity index (χ0) is 10.1. The molecule has 0 aliphatic carbocycles. The van der Waals surface area contributed by atoms with Gasteiger partial charge in [-0.05, 0) is 23.1 Å². The van der Waals surface area contributed by atoms with Crippen LogP contribution in [-0.4, -0.2) is 0 Å². The Morgan fingerprint density at radius 3 is 2.31 bits per heavy atom. The molecule has 1 aromatic rings. The summed E-state index contributed by atoms with van der Waals surface area (Å²) in [6.07, 6.45) is 0. The quantitative estimate of drug-likeness (QED) is 0.625. The summed E-state index contributed by atoms with van der Waals surface area (Å²) in [5.41, 5.74) is 1.05. The molecule has 2 heteroatoms. The van der Waals surface area contributed by atoms with Crippen LogP contribution in [-0.2, 0) is 12.1 Å². The molecule has 0 aliphatic heterocycles. The largest absolute Gasteiger partial charge is 0.246 e. The second-order valence-electron chi connectivity index (χ2n) is 4.19. The van der Waals surface area contributed by atoms with Gasteiger partial charge in [0.15, 0.2) is 0 Å². The SMILES string of the molecule is CC(C)(C)c1ccc(F)c(CF)c1. The molecule has 0 radical (unpaired) electrons. The van der Waals surface area contributed by atoms with Crippen LogP contribution in [0.4, 0.5) is 8.78 Å². The Morgan fingerprint density at radius 2 is 1.85 bits per heavy atom. The van der Waals surface area contributed by atoms with Crippen molar-refractivity contribution in [2.75, 3.05) is 0 Å². The monoisotopic (exact) mass is 184 g/mol. The van der Waals surface area contributed by atoms with E-state index in [-0.39, 0.29) is 11.0 Å². The van der Waals surface area contributed by atoms with Crippen molar-refractivity contribution in [2.24, 2.45) is 0 Å². The van der Waals surface area contributed by atoms with Crippen molar-refractivity contribution in [3.8, 4) is 0 Å². The molecule has 0 nitrogen and oxygen atoms in total. The standard InChI is InChI=1S/C11H14F2/c1-11(2,3)9-4-5-10(13)8(6-9)7-12/h4-6H,7H2,1-3H3. The van der Waals surface area contributed by atoms with E-state index in [2.05, 4.69) is 0 Å². The average Bonchev–Trinajstić information content (AvgIpc) is 2.03. The molecule has 1 aromatic carbocycles. The van der Waals surface area contributed by atoms with Gasteiger partial charge in [-0.25, -0.2) is 8.78 Å². The van der Waals surface area contributed by atoms with Crippen LogP contribution < -0.4 is 0 Å². The van der Waals surface area contributed by atoms with Crippen LogP contribution in [0.15, 0.2) is 18.2 Å². The lowest BCUT2D eigenvalue weighted by atomic mass is 9.86. The Labute approximate surface area is 77.6 Å². The van der Waals surface area contributed by atoms with Gasteiger partial charge in [-0.2, -0.15) is 0 Å². The molecule has 0 heterocycles. The molecular formula is C11H14F2. The van der Waals surface area contributed by atoms with Gasteiger partial charge in [-0.1, -0.05) is 26.8 Å². The van der Waals surface area contributed by atoms with Gasteiger partial charge < -0.3 is 0 Å². The van der Waals surface area contributed by atoms with Gasteiger partial charge in [0.25, 0.3) is 0 Å². The minimum atomic E-state index is -0.740. The van der Waals surface area contributed by atoms with Crippen molar-refractivity contribution in [1.82, 2.24) is 0 Å². The molecule has 0 N–H and O–H groups in total. The highest BCUT2D eigenvalue weighted by atomic mass is 19.1. The Balaban J connectivity index is 3.14. The lowest BCUT2D eigenvalue weighted by Crippen LogP contribution is -2.11. The highest BCUT2D eigenvalue weighted by Gasteiger charge is 2.15. The van der Waals surface area contributed by atoms with Gasteiger partial charge in [-0.3, -0.25) is 0 Å². The topological polar surface area (TPSA) is 0 Å². The smallest absolute Gasteiger partial charge is 0.129 e. The second kappa shape index (κ2) is 3.44. The van der Waals surface area contributed by atoms with E-state index in [9.17, 15) is 8.78 Å². The molecule has 0 unspecified atom stereocenters.